The lowest BCUT2D eigenvalue weighted by Crippen LogP contribution is -2.18. The number of phenolic OH excluding ortho intramolecular Hbond substituents is 1. The number of hydrogen-bond donors (Lipinski definition) is 2. The zero-order valence-electron chi connectivity index (χ0n) is 15.1. The molecule has 0 saturated carbocycles. The van der Waals surface area contributed by atoms with E-state index in [0.717, 1.165) is 17.9 Å². The molecule has 3 rings (SSSR count). The van der Waals surface area contributed by atoms with Crippen LogP contribution in [0.5, 0.6) is 5.75 Å². The Morgan fingerprint density at radius 2 is 1.79 bits per heavy atom. The first-order chi connectivity index (χ1) is 13.2. The van der Waals surface area contributed by atoms with E-state index in [2.05, 4.69) is 4.99 Å². The molecule has 7 nitrogen and oxygen atoms in total. The average molecular weight is 422 g/mol. The number of benzene rings is 1. The summed E-state index contributed by atoms with van der Waals surface area (Å²) in [5.41, 5.74) is 0.848. The molecule has 0 aliphatic carbocycles. The van der Waals surface area contributed by atoms with E-state index in [0.29, 0.717) is 22.6 Å². The van der Waals surface area contributed by atoms with Gasteiger partial charge in [-0.2, -0.15) is 4.73 Å². The lowest BCUT2D eigenvalue weighted by atomic mass is 10.1. The molecule has 2 aromatic heterocycles. The number of ketones is 1. The minimum Gasteiger partial charge on any atom is -0.508 e. The van der Waals surface area contributed by atoms with Gasteiger partial charge in [-0.25, -0.2) is 4.99 Å². The van der Waals surface area contributed by atoms with Gasteiger partial charge in [0.1, 0.15) is 11.1 Å². The third-order valence-electron chi connectivity index (χ3n) is 4.02. The third-order valence-corrected chi connectivity index (χ3v) is 4.58. The number of halogens is 2. The number of hydrogen-bond acceptors (Lipinski definition) is 4. The Morgan fingerprint density at radius 1 is 1.14 bits per heavy atom. The van der Waals surface area contributed by atoms with Crippen molar-refractivity contribution in [3.05, 3.63) is 57.8 Å². The first-order valence-electron chi connectivity index (χ1n) is 8.39. The number of carbonyl (C=O) groups excluding carboxylic acids is 2. The molecule has 0 atom stereocenters. The zero-order chi connectivity index (χ0) is 20.6. The highest BCUT2D eigenvalue weighted by atomic mass is 35.5. The second-order valence-electron chi connectivity index (χ2n) is 6.72. The van der Waals surface area contributed by atoms with Gasteiger partial charge in [-0.1, -0.05) is 37.0 Å². The van der Waals surface area contributed by atoms with Crippen molar-refractivity contribution in [2.45, 2.75) is 20.4 Å². The van der Waals surface area contributed by atoms with Crippen molar-refractivity contribution < 1.29 is 19.9 Å². The second-order valence-corrected chi connectivity index (χ2v) is 7.53. The summed E-state index contributed by atoms with van der Waals surface area (Å²) in [5, 5.41) is 19.4. The predicted octanol–water partition coefficient (Wildman–Crippen LogP) is 3.66. The van der Waals surface area contributed by atoms with Gasteiger partial charge in [0.05, 0.1) is 28.0 Å². The van der Waals surface area contributed by atoms with Crippen molar-refractivity contribution in [2.24, 2.45) is 10.9 Å². The standard InChI is InChI=1S/C19H17Cl2N3O4/c1-10(2)6-23-7-13(12-5-11(25)3-4-16(12)23)18(26)19(27)22-17-14(20)8-24(28)9-15(17)21/h3-5,7-10,25,28H,6H2,1-2H3. The summed E-state index contributed by atoms with van der Waals surface area (Å²) in [7, 11) is 0. The van der Waals surface area contributed by atoms with E-state index < -0.39 is 11.7 Å². The van der Waals surface area contributed by atoms with Crippen molar-refractivity contribution in [1.82, 2.24) is 9.30 Å². The number of nitrogens with zero attached hydrogens (tertiary/aromatic N) is 3. The number of Topliss-reactive ketones (excluding diaryl/α,β-unsaturated/α-hetero) is 1. The van der Waals surface area contributed by atoms with E-state index in [1.165, 1.54) is 12.1 Å². The van der Waals surface area contributed by atoms with E-state index >= 15 is 0 Å². The Morgan fingerprint density at radius 3 is 2.39 bits per heavy atom. The van der Waals surface area contributed by atoms with Gasteiger partial charge in [0.2, 0.25) is 0 Å². The van der Waals surface area contributed by atoms with E-state index in [1.54, 1.807) is 12.3 Å². The van der Waals surface area contributed by atoms with Crippen LogP contribution in [-0.4, -0.2) is 31.3 Å². The van der Waals surface area contributed by atoms with E-state index in [4.69, 9.17) is 23.2 Å². The van der Waals surface area contributed by atoms with Crippen LogP contribution in [0.25, 0.3) is 10.9 Å². The SMILES string of the molecule is CC(C)Cn1cc(C(=O)C(=O)N=c2c(Cl)cn(O)cc2Cl)c2cc(O)ccc21. The minimum atomic E-state index is -1.06. The van der Waals surface area contributed by atoms with Crippen LogP contribution in [0.15, 0.2) is 41.8 Å². The number of carbonyl (C=O) groups is 2. The molecule has 0 unspecified atom stereocenters. The van der Waals surface area contributed by atoms with Gasteiger partial charge in [0.25, 0.3) is 5.78 Å². The molecule has 28 heavy (non-hydrogen) atoms. The minimum absolute atomic E-state index is 0.0186. The van der Waals surface area contributed by atoms with Gasteiger partial charge in [-0.15, -0.1) is 0 Å². The molecule has 3 aromatic rings. The van der Waals surface area contributed by atoms with Crippen molar-refractivity contribution in [2.75, 3.05) is 0 Å². The lowest BCUT2D eigenvalue weighted by Gasteiger charge is -2.07. The molecule has 0 aliphatic rings. The van der Waals surface area contributed by atoms with Crippen LogP contribution in [0, 0.1) is 5.92 Å². The van der Waals surface area contributed by atoms with Crippen LogP contribution in [0.4, 0.5) is 0 Å². The van der Waals surface area contributed by atoms with Gasteiger partial charge in [-0.3, -0.25) is 9.59 Å². The first-order valence-corrected chi connectivity index (χ1v) is 9.14. The highest BCUT2D eigenvalue weighted by Gasteiger charge is 2.22. The largest absolute Gasteiger partial charge is 0.508 e. The summed E-state index contributed by atoms with van der Waals surface area (Å²) >= 11 is 11.9. The molecular weight excluding hydrogens is 405 g/mol. The maximum absolute atomic E-state index is 12.8. The van der Waals surface area contributed by atoms with Crippen LogP contribution in [0.1, 0.15) is 24.2 Å². The summed E-state index contributed by atoms with van der Waals surface area (Å²) in [6.45, 7) is 4.69. The Hall–Kier alpha value is -2.77. The van der Waals surface area contributed by atoms with Crippen molar-refractivity contribution >= 4 is 45.8 Å². The fourth-order valence-electron chi connectivity index (χ4n) is 2.89. The quantitative estimate of drug-likeness (QED) is 0.381. The Kier molecular flexibility index (Phi) is 5.49. The molecule has 2 heterocycles. The normalized spacial score (nSPS) is 11.2. The predicted molar refractivity (Wildman–Crippen MR) is 105 cm³/mol. The Balaban J connectivity index is 2.10. The average Bonchev–Trinajstić information content (AvgIpc) is 2.94. The number of rotatable bonds is 4. The fraction of sp³-hybridized carbons (Fsp3) is 0.211. The highest BCUT2D eigenvalue weighted by Crippen LogP contribution is 2.27. The fourth-order valence-corrected chi connectivity index (χ4v) is 3.43. The van der Waals surface area contributed by atoms with Crippen LogP contribution >= 0.6 is 23.2 Å². The number of pyridine rings is 1. The van der Waals surface area contributed by atoms with E-state index in [-0.39, 0.29) is 26.7 Å². The van der Waals surface area contributed by atoms with Crippen molar-refractivity contribution in [3.63, 3.8) is 0 Å². The van der Waals surface area contributed by atoms with Crippen LogP contribution in [-0.2, 0) is 11.3 Å². The van der Waals surface area contributed by atoms with Gasteiger partial charge in [0.15, 0.2) is 0 Å². The molecule has 0 aliphatic heterocycles. The second kappa shape index (κ2) is 7.69. The number of phenols is 1. The maximum Gasteiger partial charge on any atom is 0.318 e. The van der Waals surface area contributed by atoms with Crippen molar-refractivity contribution in [3.8, 4) is 5.75 Å². The van der Waals surface area contributed by atoms with Crippen LogP contribution in [0.2, 0.25) is 10.0 Å². The molecule has 0 spiro atoms. The van der Waals surface area contributed by atoms with Gasteiger partial charge < -0.3 is 14.9 Å². The smallest absolute Gasteiger partial charge is 0.318 e. The third kappa shape index (κ3) is 3.90. The van der Waals surface area contributed by atoms with Gasteiger partial charge in [0, 0.05) is 23.6 Å². The van der Waals surface area contributed by atoms with Gasteiger partial charge in [-0.05, 0) is 24.1 Å². The molecule has 0 radical (unpaired) electrons. The number of aromatic hydroxyl groups is 1. The van der Waals surface area contributed by atoms with E-state index in [9.17, 15) is 19.9 Å². The molecule has 0 bridgehead atoms. The van der Waals surface area contributed by atoms with Crippen LogP contribution < -0.4 is 5.36 Å². The zero-order valence-corrected chi connectivity index (χ0v) is 16.6. The Bertz CT molecular complexity index is 1140. The molecule has 2 N–H and O–H groups in total. The molecule has 1 aromatic carbocycles. The molecule has 1 amide bonds. The number of aromatic nitrogens is 2. The number of amides is 1. The Labute approximate surface area is 170 Å². The summed E-state index contributed by atoms with van der Waals surface area (Å²) < 4.78 is 2.48. The topological polar surface area (TPSA) is 96.8 Å². The molecule has 146 valence electrons. The molecule has 0 fully saturated rings. The molecular formula is C19H17Cl2N3O4. The van der Waals surface area contributed by atoms with Crippen LogP contribution in [0.3, 0.4) is 0 Å². The molecule has 0 saturated heterocycles. The highest BCUT2D eigenvalue weighted by molar-refractivity contribution is 6.45. The summed E-state index contributed by atoms with van der Waals surface area (Å²) in [5.74, 6) is -1.63. The monoisotopic (exact) mass is 421 g/mol. The molecule has 9 heteroatoms. The first kappa shape index (κ1) is 20.0. The number of fused-ring (bicyclic) bond motifs is 1. The summed E-state index contributed by atoms with van der Waals surface area (Å²) in [4.78, 5) is 29.0. The van der Waals surface area contributed by atoms with E-state index in [1.807, 2.05) is 18.4 Å². The maximum atomic E-state index is 12.8. The van der Waals surface area contributed by atoms with Gasteiger partial charge >= 0.3 is 5.91 Å². The van der Waals surface area contributed by atoms with Crippen molar-refractivity contribution in [1.29, 1.82) is 0 Å². The summed E-state index contributed by atoms with van der Waals surface area (Å²) in [6.07, 6.45) is 3.77. The lowest BCUT2D eigenvalue weighted by molar-refractivity contribution is -0.114. The summed E-state index contributed by atoms with van der Waals surface area (Å²) in [6, 6.07) is 4.65.